The number of halogens is 1. The van der Waals surface area contributed by atoms with E-state index in [2.05, 4.69) is 6.07 Å². The molecule has 0 bridgehead atoms. The van der Waals surface area contributed by atoms with Crippen molar-refractivity contribution in [2.45, 2.75) is 19.3 Å². The van der Waals surface area contributed by atoms with Crippen molar-refractivity contribution < 1.29 is 9.13 Å². The molecule has 0 fully saturated rings. The van der Waals surface area contributed by atoms with E-state index in [1.807, 2.05) is 0 Å². The number of hydrogen-bond donors (Lipinski definition) is 0. The Morgan fingerprint density at radius 3 is 2.93 bits per heavy atom. The summed E-state index contributed by atoms with van der Waals surface area (Å²) in [6, 6.07) is 8.12. The fourth-order valence-corrected chi connectivity index (χ4v) is 1.05. The third-order valence-electron chi connectivity index (χ3n) is 1.75. The van der Waals surface area contributed by atoms with E-state index in [1.54, 1.807) is 12.1 Å². The number of ether oxygens (including phenoxy) is 1. The Balaban J connectivity index is 2.22. The normalized spacial score (nSPS) is 9.43. The number of nitrogens with zero attached hydrogens (tertiary/aromatic N) is 1. The highest BCUT2D eigenvalue weighted by Gasteiger charge is 1.95. The van der Waals surface area contributed by atoms with E-state index in [-0.39, 0.29) is 5.82 Å². The van der Waals surface area contributed by atoms with E-state index in [1.165, 1.54) is 12.1 Å². The van der Waals surface area contributed by atoms with Crippen LogP contribution in [0.15, 0.2) is 24.3 Å². The largest absolute Gasteiger partial charge is 0.493 e. The zero-order valence-corrected chi connectivity index (χ0v) is 7.87. The van der Waals surface area contributed by atoms with Crippen LogP contribution in [-0.2, 0) is 0 Å². The molecule has 3 heteroatoms. The molecular weight excluding hydrogens is 181 g/mol. The summed E-state index contributed by atoms with van der Waals surface area (Å²) in [6.07, 6.45) is 2.20. The monoisotopic (exact) mass is 193 g/mol. The zero-order valence-electron chi connectivity index (χ0n) is 7.87. The molecule has 0 spiro atoms. The minimum Gasteiger partial charge on any atom is -0.493 e. The minimum absolute atomic E-state index is 0.292. The SMILES string of the molecule is N#CCCCCOc1cccc(F)c1. The predicted octanol–water partition coefficient (Wildman–Crippen LogP) is 2.90. The van der Waals surface area contributed by atoms with Gasteiger partial charge in [0.1, 0.15) is 11.6 Å². The first-order valence-electron chi connectivity index (χ1n) is 4.58. The molecule has 1 aromatic rings. The van der Waals surface area contributed by atoms with Gasteiger partial charge in [0.15, 0.2) is 0 Å². The van der Waals surface area contributed by atoms with Gasteiger partial charge >= 0.3 is 0 Å². The fourth-order valence-electron chi connectivity index (χ4n) is 1.05. The van der Waals surface area contributed by atoms with E-state index in [0.717, 1.165) is 12.8 Å². The van der Waals surface area contributed by atoms with E-state index in [0.29, 0.717) is 18.8 Å². The summed E-state index contributed by atoms with van der Waals surface area (Å²) in [5.41, 5.74) is 0. The maximum atomic E-state index is 12.7. The molecule has 1 aromatic carbocycles. The average molecular weight is 193 g/mol. The molecule has 1 rings (SSSR count). The Morgan fingerprint density at radius 2 is 2.21 bits per heavy atom. The lowest BCUT2D eigenvalue weighted by Crippen LogP contribution is -1.97. The smallest absolute Gasteiger partial charge is 0.126 e. The second kappa shape index (κ2) is 5.98. The average Bonchev–Trinajstić information content (AvgIpc) is 2.18. The Morgan fingerprint density at radius 1 is 1.36 bits per heavy atom. The molecular formula is C11H12FNO. The number of hydrogen-bond acceptors (Lipinski definition) is 2. The summed E-state index contributed by atoms with van der Waals surface area (Å²) in [4.78, 5) is 0. The van der Waals surface area contributed by atoms with Crippen molar-refractivity contribution in [2.24, 2.45) is 0 Å². The Bertz CT molecular complexity index is 319. The van der Waals surface area contributed by atoms with Crippen molar-refractivity contribution >= 4 is 0 Å². The minimum atomic E-state index is -0.292. The van der Waals surface area contributed by atoms with Crippen LogP contribution in [0, 0.1) is 17.1 Å². The maximum absolute atomic E-state index is 12.7. The molecule has 0 radical (unpaired) electrons. The van der Waals surface area contributed by atoms with Gasteiger partial charge in [-0.2, -0.15) is 5.26 Å². The molecule has 0 saturated carbocycles. The van der Waals surface area contributed by atoms with Crippen LogP contribution in [-0.4, -0.2) is 6.61 Å². The standard InChI is InChI=1S/C11H12FNO/c12-10-5-4-6-11(9-10)14-8-3-1-2-7-13/h4-6,9H,1-3,8H2. The highest BCUT2D eigenvalue weighted by atomic mass is 19.1. The molecule has 0 amide bonds. The van der Waals surface area contributed by atoms with Gasteiger partial charge in [-0.05, 0) is 25.0 Å². The molecule has 0 heterocycles. The van der Waals surface area contributed by atoms with E-state index >= 15 is 0 Å². The highest BCUT2D eigenvalue weighted by Crippen LogP contribution is 2.12. The fraction of sp³-hybridized carbons (Fsp3) is 0.364. The van der Waals surface area contributed by atoms with E-state index < -0.39 is 0 Å². The highest BCUT2D eigenvalue weighted by molar-refractivity contribution is 5.22. The van der Waals surface area contributed by atoms with Gasteiger partial charge in [0.2, 0.25) is 0 Å². The van der Waals surface area contributed by atoms with Crippen LogP contribution in [0.3, 0.4) is 0 Å². The van der Waals surface area contributed by atoms with Crippen molar-refractivity contribution in [3.8, 4) is 11.8 Å². The lowest BCUT2D eigenvalue weighted by atomic mass is 10.2. The second-order valence-electron chi connectivity index (χ2n) is 2.92. The van der Waals surface area contributed by atoms with Crippen LogP contribution in [0.25, 0.3) is 0 Å². The molecule has 74 valence electrons. The molecule has 0 aliphatic rings. The summed E-state index contributed by atoms with van der Waals surface area (Å²) in [6.45, 7) is 0.533. The third kappa shape index (κ3) is 3.90. The van der Waals surface area contributed by atoms with Crippen molar-refractivity contribution in [3.05, 3.63) is 30.1 Å². The van der Waals surface area contributed by atoms with Gasteiger partial charge in [0.05, 0.1) is 12.7 Å². The maximum Gasteiger partial charge on any atom is 0.126 e. The first-order valence-corrected chi connectivity index (χ1v) is 4.58. The lowest BCUT2D eigenvalue weighted by Gasteiger charge is -2.04. The number of nitriles is 1. The number of benzene rings is 1. The van der Waals surface area contributed by atoms with E-state index in [9.17, 15) is 4.39 Å². The quantitative estimate of drug-likeness (QED) is 0.673. The molecule has 0 aliphatic carbocycles. The van der Waals surface area contributed by atoms with Crippen LogP contribution in [0.1, 0.15) is 19.3 Å². The molecule has 14 heavy (non-hydrogen) atoms. The summed E-state index contributed by atoms with van der Waals surface area (Å²) in [5.74, 6) is 0.251. The van der Waals surface area contributed by atoms with Crippen LogP contribution in [0.2, 0.25) is 0 Å². The van der Waals surface area contributed by atoms with Gasteiger partial charge in [-0.25, -0.2) is 4.39 Å². The van der Waals surface area contributed by atoms with Gasteiger partial charge in [-0.1, -0.05) is 6.07 Å². The van der Waals surface area contributed by atoms with Gasteiger partial charge in [0, 0.05) is 12.5 Å². The summed E-state index contributed by atoms with van der Waals surface area (Å²) in [7, 11) is 0. The second-order valence-corrected chi connectivity index (χ2v) is 2.92. The van der Waals surface area contributed by atoms with Gasteiger partial charge in [-0.15, -0.1) is 0 Å². The van der Waals surface area contributed by atoms with Gasteiger partial charge in [-0.3, -0.25) is 0 Å². The van der Waals surface area contributed by atoms with Crippen LogP contribution < -0.4 is 4.74 Å². The first kappa shape index (κ1) is 10.5. The van der Waals surface area contributed by atoms with Gasteiger partial charge < -0.3 is 4.74 Å². The molecule has 0 N–H and O–H groups in total. The molecule has 2 nitrogen and oxygen atoms in total. The summed E-state index contributed by atoms with van der Waals surface area (Å²) in [5, 5.41) is 8.28. The van der Waals surface area contributed by atoms with Gasteiger partial charge in [0.25, 0.3) is 0 Å². The predicted molar refractivity (Wildman–Crippen MR) is 51.4 cm³/mol. The molecule has 0 aliphatic heterocycles. The van der Waals surface area contributed by atoms with Crippen LogP contribution in [0.5, 0.6) is 5.75 Å². The summed E-state index contributed by atoms with van der Waals surface area (Å²) < 4.78 is 18.0. The Labute approximate surface area is 82.9 Å². The molecule has 0 aromatic heterocycles. The number of rotatable bonds is 5. The van der Waals surface area contributed by atoms with Crippen molar-refractivity contribution in [1.29, 1.82) is 5.26 Å². The lowest BCUT2D eigenvalue weighted by molar-refractivity contribution is 0.306. The Hall–Kier alpha value is -1.56. The van der Waals surface area contributed by atoms with Crippen molar-refractivity contribution in [3.63, 3.8) is 0 Å². The van der Waals surface area contributed by atoms with Crippen LogP contribution >= 0.6 is 0 Å². The van der Waals surface area contributed by atoms with Crippen molar-refractivity contribution in [2.75, 3.05) is 6.61 Å². The Kier molecular flexibility index (Phi) is 4.49. The molecule has 0 saturated heterocycles. The first-order chi connectivity index (χ1) is 6.83. The molecule has 0 unspecified atom stereocenters. The molecule has 0 atom stereocenters. The van der Waals surface area contributed by atoms with E-state index in [4.69, 9.17) is 10.00 Å². The number of unbranched alkanes of at least 4 members (excludes halogenated alkanes) is 2. The zero-order chi connectivity index (χ0) is 10.2. The topological polar surface area (TPSA) is 33.0 Å². The summed E-state index contributed by atoms with van der Waals surface area (Å²) >= 11 is 0. The van der Waals surface area contributed by atoms with Crippen LogP contribution in [0.4, 0.5) is 4.39 Å². The van der Waals surface area contributed by atoms with Crippen molar-refractivity contribution in [1.82, 2.24) is 0 Å². The third-order valence-corrected chi connectivity index (χ3v) is 1.75.